The number of phosphoric acid groups is 2. The molecular weight excluding hydrogens is 985 g/mol. The number of nitrogens with zero attached hydrogens (tertiary/aromatic N) is 2. The number of unbranched alkanes of at least 4 members (excludes halogenated alkanes) is 11. The molecule has 21 heteroatoms. The molecule has 3 heterocycles. The Labute approximate surface area is 431 Å². The third-order valence-corrected chi connectivity index (χ3v) is 14.3. The lowest BCUT2D eigenvalue weighted by Gasteiger charge is -2.21. The minimum absolute atomic E-state index is 0.00618. The minimum atomic E-state index is -5.44. The van der Waals surface area contributed by atoms with Crippen LogP contribution in [0, 0.1) is 0 Å². The number of nitrogens with two attached hydrogens (primary N) is 1. The second-order valence-electron chi connectivity index (χ2n) is 18.0. The van der Waals surface area contributed by atoms with Gasteiger partial charge in [0.25, 0.3) is 0 Å². The first-order valence-corrected chi connectivity index (χ1v) is 29.1. The lowest BCUT2D eigenvalue weighted by atomic mass is 10.1. The maximum absolute atomic E-state index is 12.9. The van der Waals surface area contributed by atoms with Gasteiger partial charge in [0.2, 0.25) is 0 Å². The smallest absolute Gasteiger partial charge is 0.462 e. The summed E-state index contributed by atoms with van der Waals surface area (Å²) in [5.74, 6) is -1.42. The molecule has 412 valence electrons. The number of epoxide rings is 1. The number of carbonyl (C=O) groups excluding carboxylic acids is 2. The molecular formula is C52H83N3O16P2. The number of phosphoric ester groups is 2. The van der Waals surface area contributed by atoms with E-state index in [1.54, 1.807) is 0 Å². The zero-order valence-electron chi connectivity index (χ0n) is 42.9. The summed E-state index contributed by atoms with van der Waals surface area (Å²) in [5.41, 5.74) is 4.58. The number of hydrogen-bond acceptors (Lipinski definition) is 16. The van der Waals surface area contributed by atoms with Crippen LogP contribution in [0.4, 0.5) is 5.82 Å². The average Bonchev–Trinajstić information content (AvgIpc) is 4.04. The van der Waals surface area contributed by atoms with Gasteiger partial charge in [-0.15, -0.1) is 0 Å². The van der Waals surface area contributed by atoms with Gasteiger partial charge < -0.3 is 44.7 Å². The van der Waals surface area contributed by atoms with Crippen LogP contribution in [-0.4, -0.2) is 97.9 Å². The normalized spacial score (nSPS) is 22.3. The SMILES string of the molecule is CC/C=C\CC1OC1C/C=C\C/C=C\C/C=C\C/C=C\CCC(=O)OC[C@H](COP(=O)(O)OP(=O)(O)OC[C@H]1O[C@@H](n2ccc(N)nc2=O)[C@H](O)[C@@H]1O)OC(=O)CCCCCCC/C=C\CCCCCCCC. The zero-order chi connectivity index (χ0) is 53.2. The molecule has 2 fully saturated rings. The van der Waals surface area contributed by atoms with E-state index in [1.165, 1.54) is 44.6 Å². The van der Waals surface area contributed by atoms with Gasteiger partial charge in [-0.25, -0.2) is 13.9 Å². The van der Waals surface area contributed by atoms with Gasteiger partial charge in [0.15, 0.2) is 12.3 Å². The van der Waals surface area contributed by atoms with Crippen LogP contribution in [0.3, 0.4) is 0 Å². The average molecular weight is 1070 g/mol. The Morgan fingerprint density at radius 3 is 1.88 bits per heavy atom. The first kappa shape index (κ1) is 63.5. The van der Waals surface area contributed by atoms with Crippen LogP contribution in [0.25, 0.3) is 0 Å². The second-order valence-corrected chi connectivity index (χ2v) is 21.1. The van der Waals surface area contributed by atoms with Crippen LogP contribution < -0.4 is 11.4 Å². The van der Waals surface area contributed by atoms with Crippen molar-refractivity contribution in [1.82, 2.24) is 9.55 Å². The van der Waals surface area contributed by atoms with Gasteiger partial charge in [0.1, 0.15) is 30.7 Å². The molecule has 0 spiro atoms. The summed E-state index contributed by atoms with van der Waals surface area (Å²) in [6.45, 7) is 1.95. The predicted octanol–water partition coefficient (Wildman–Crippen LogP) is 9.88. The van der Waals surface area contributed by atoms with Crippen molar-refractivity contribution in [3.05, 3.63) is 95.7 Å². The van der Waals surface area contributed by atoms with E-state index in [-0.39, 0.29) is 18.7 Å². The summed E-state index contributed by atoms with van der Waals surface area (Å²) in [5, 5.41) is 20.9. The van der Waals surface area contributed by atoms with Gasteiger partial charge in [-0.2, -0.15) is 9.29 Å². The summed E-state index contributed by atoms with van der Waals surface area (Å²) in [6, 6.07) is 1.24. The van der Waals surface area contributed by atoms with E-state index in [1.807, 2.05) is 18.2 Å². The Hall–Kier alpha value is -3.84. The molecule has 0 amide bonds. The summed E-state index contributed by atoms with van der Waals surface area (Å²) in [4.78, 5) is 61.9. The molecule has 0 aliphatic carbocycles. The number of anilines is 1. The van der Waals surface area contributed by atoms with Crippen LogP contribution in [0.5, 0.6) is 0 Å². The number of aromatic nitrogens is 2. The van der Waals surface area contributed by atoms with Crippen molar-refractivity contribution in [3.8, 4) is 0 Å². The molecule has 3 rings (SSSR count). The summed E-state index contributed by atoms with van der Waals surface area (Å²) >= 11 is 0. The van der Waals surface area contributed by atoms with Crippen molar-refractivity contribution in [1.29, 1.82) is 0 Å². The third kappa shape index (κ3) is 29.2. The van der Waals surface area contributed by atoms with Crippen LogP contribution >= 0.6 is 15.6 Å². The van der Waals surface area contributed by atoms with Crippen LogP contribution in [0.15, 0.2) is 90.0 Å². The highest BCUT2D eigenvalue weighted by molar-refractivity contribution is 7.61. The molecule has 1 aromatic rings. The van der Waals surface area contributed by atoms with Gasteiger partial charge in [-0.3, -0.25) is 23.2 Å². The Morgan fingerprint density at radius 1 is 0.685 bits per heavy atom. The summed E-state index contributed by atoms with van der Waals surface area (Å²) in [6.07, 6.45) is 38.9. The first-order chi connectivity index (χ1) is 35.1. The largest absolute Gasteiger partial charge is 0.481 e. The van der Waals surface area contributed by atoms with Gasteiger partial charge in [-0.1, -0.05) is 138 Å². The van der Waals surface area contributed by atoms with E-state index < -0.39 is 83.7 Å². The molecule has 73 heavy (non-hydrogen) atoms. The number of aliphatic hydroxyl groups excluding tert-OH is 2. The minimum Gasteiger partial charge on any atom is -0.462 e. The molecule has 4 unspecified atom stereocenters. The summed E-state index contributed by atoms with van der Waals surface area (Å²) < 4.78 is 62.4. The Kier molecular flexibility index (Phi) is 32.2. The highest BCUT2D eigenvalue weighted by Crippen LogP contribution is 2.60. The summed E-state index contributed by atoms with van der Waals surface area (Å²) in [7, 11) is -10.9. The molecule has 0 radical (unpaired) electrons. The molecule has 0 saturated carbocycles. The van der Waals surface area contributed by atoms with Crippen molar-refractivity contribution in [2.45, 2.75) is 198 Å². The van der Waals surface area contributed by atoms with Crippen LogP contribution in [0.1, 0.15) is 161 Å². The topological polar surface area (TPSA) is 278 Å². The lowest BCUT2D eigenvalue weighted by Crippen LogP contribution is -2.36. The molecule has 6 N–H and O–H groups in total. The van der Waals surface area contributed by atoms with Gasteiger partial charge in [0, 0.05) is 19.0 Å². The number of nitrogen functional groups attached to an aromatic ring is 1. The fraction of sp³-hybridized carbons (Fsp3) is 0.654. The van der Waals surface area contributed by atoms with E-state index in [9.17, 15) is 43.5 Å². The third-order valence-electron chi connectivity index (χ3n) is 11.7. The Bertz CT molecular complexity index is 2080. The second kappa shape index (κ2) is 37.0. The van der Waals surface area contributed by atoms with Crippen LogP contribution in [-0.2, 0) is 51.0 Å². The Morgan fingerprint density at radius 2 is 1.25 bits per heavy atom. The molecule has 2 saturated heterocycles. The highest BCUT2D eigenvalue weighted by atomic mass is 31.3. The number of hydrogen-bond donors (Lipinski definition) is 5. The quantitative estimate of drug-likeness (QED) is 0.0134. The monoisotopic (exact) mass is 1070 g/mol. The number of carbonyl (C=O) groups is 2. The maximum Gasteiger partial charge on any atom is 0.481 e. The molecule has 1 aromatic heterocycles. The van der Waals surface area contributed by atoms with E-state index >= 15 is 0 Å². The fourth-order valence-corrected chi connectivity index (χ4v) is 9.66. The van der Waals surface area contributed by atoms with Crippen molar-refractivity contribution in [2.24, 2.45) is 0 Å². The van der Waals surface area contributed by atoms with Crippen LogP contribution in [0.2, 0.25) is 0 Å². The van der Waals surface area contributed by atoms with E-state index in [4.69, 9.17) is 33.7 Å². The van der Waals surface area contributed by atoms with Crippen molar-refractivity contribution >= 4 is 33.4 Å². The molecule has 9 atom stereocenters. The van der Waals surface area contributed by atoms with Gasteiger partial charge in [-0.05, 0) is 83.1 Å². The first-order valence-electron chi connectivity index (χ1n) is 26.1. The molecule has 2 aliphatic heterocycles. The fourth-order valence-electron chi connectivity index (χ4n) is 7.55. The number of rotatable bonds is 41. The molecule has 0 aromatic carbocycles. The predicted molar refractivity (Wildman–Crippen MR) is 279 cm³/mol. The van der Waals surface area contributed by atoms with Gasteiger partial charge >= 0.3 is 33.3 Å². The van der Waals surface area contributed by atoms with Crippen molar-refractivity contribution in [2.75, 3.05) is 25.6 Å². The molecule has 2 aliphatic rings. The maximum atomic E-state index is 12.9. The highest BCUT2D eigenvalue weighted by Gasteiger charge is 2.46. The number of allylic oxidation sites excluding steroid dienone is 10. The van der Waals surface area contributed by atoms with E-state index in [0.29, 0.717) is 31.5 Å². The molecule has 19 nitrogen and oxygen atoms in total. The number of esters is 2. The van der Waals surface area contributed by atoms with E-state index in [2.05, 4.69) is 77.8 Å². The Balaban J connectivity index is 1.41. The van der Waals surface area contributed by atoms with E-state index in [0.717, 1.165) is 81.4 Å². The number of aliphatic hydroxyl groups is 2. The van der Waals surface area contributed by atoms with Crippen molar-refractivity contribution in [3.63, 3.8) is 0 Å². The van der Waals surface area contributed by atoms with Gasteiger partial charge in [0.05, 0.1) is 25.4 Å². The van der Waals surface area contributed by atoms with Crippen molar-refractivity contribution < 1.29 is 71.0 Å². The lowest BCUT2D eigenvalue weighted by molar-refractivity contribution is -0.161. The standard InChI is InChI=1S/C52H83N3O16P2/c1-3-5-7-8-9-10-11-12-13-14-19-22-25-28-32-36-48(57)68-42(39-65-47(56)35-31-27-24-21-18-16-15-17-20-23-26-30-34-44-43(69-44)33-29-6-4-2)40-66-72(61,62)71-73(63,64)67-41-45-49(58)50(59)51(70-45)55-38-37-46(53)54-52(55)60/h6,12-13,16-18,20,24,26-27,29-30,37-38,42-45,49-51,58-59H,3-5,7-11,14-15,19,21-23,25,28,31-36,39-41H2,1-2H3,(H,61,62)(H,63,64)(H2,53,54,60)/b13-12-,18-16-,20-17-,27-24-,29-6-,30-26-/t42-,43?,44?,45-,49-,50-,51-/m1/s1. The molecule has 0 bridgehead atoms. The zero-order valence-corrected chi connectivity index (χ0v) is 44.6. The number of ether oxygens (including phenoxy) is 4.